The Kier molecular flexibility index (Phi) is 4.28. The molecular weight excluding hydrogens is 384 g/mol. The van der Waals surface area contributed by atoms with E-state index in [2.05, 4.69) is 23.0 Å². The molecule has 2 heterocycles. The van der Waals surface area contributed by atoms with Crippen molar-refractivity contribution < 1.29 is 8.78 Å². The highest BCUT2D eigenvalue weighted by Gasteiger charge is 2.17. The molecule has 0 N–H and O–H groups in total. The number of hydrogen-bond donors (Lipinski definition) is 0. The minimum absolute atomic E-state index is 0.170. The molecule has 1 aliphatic carbocycles. The van der Waals surface area contributed by atoms with Crippen LogP contribution in [0, 0.1) is 11.6 Å². The Balaban J connectivity index is 1.55. The molecule has 0 saturated carbocycles. The fourth-order valence-electron chi connectivity index (χ4n) is 3.95. The first-order chi connectivity index (χ1) is 14.5. The third kappa shape index (κ3) is 3.01. The monoisotopic (exact) mass is 401 g/mol. The summed E-state index contributed by atoms with van der Waals surface area (Å²) >= 11 is 0. The van der Waals surface area contributed by atoms with E-state index in [0.717, 1.165) is 23.7 Å². The van der Waals surface area contributed by atoms with Gasteiger partial charge in [0.25, 0.3) is 5.56 Å². The highest BCUT2D eigenvalue weighted by molar-refractivity contribution is 5.76. The Hall–Kier alpha value is -3.67. The third-order valence-electron chi connectivity index (χ3n) is 5.60. The number of allylic oxidation sites excluding steroid dienone is 2. The van der Waals surface area contributed by atoms with Gasteiger partial charge in [0.05, 0.1) is 30.0 Å². The molecule has 30 heavy (non-hydrogen) atoms. The van der Waals surface area contributed by atoms with Gasteiger partial charge < -0.3 is 0 Å². The van der Waals surface area contributed by atoms with Crippen molar-refractivity contribution in [1.82, 2.24) is 14.5 Å². The maximum Gasteiger partial charge on any atom is 0.269 e. The van der Waals surface area contributed by atoms with Gasteiger partial charge in [-0.2, -0.15) is 0 Å². The van der Waals surface area contributed by atoms with E-state index in [1.165, 1.54) is 34.0 Å². The molecule has 148 valence electrons. The summed E-state index contributed by atoms with van der Waals surface area (Å²) in [5.74, 6) is -1.39. The van der Waals surface area contributed by atoms with Crippen molar-refractivity contribution in [3.8, 4) is 11.1 Å². The average Bonchev–Trinajstić information content (AvgIpc) is 3.12. The molecule has 0 unspecified atom stereocenters. The van der Waals surface area contributed by atoms with Crippen LogP contribution >= 0.6 is 0 Å². The topological polar surface area (TPSA) is 47.8 Å². The van der Waals surface area contributed by atoms with Crippen LogP contribution in [0.25, 0.3) is 27.7 Å². The SMILES string of the molecule is CC1=CCc2cc(-c3cc(F)c(Cn4c(=O)cnc5ccncc54)c(F)c3)ccc21. The number of halogens is 2. The lowest BCUT2D eigenvalue weighted by molar-refractivity contribution is 0.545. The van der Waals surface area contributed by atoms with Crippen molar-refractivity contribution in [2.75, 3.05) is 0 Å². The van der Waals surface area contributed by atoms with Gasteiger partial charge in [0.1, 0.15) is 11.6 Å². The predicted molar refractivity (Wildman–Crippen MR) is 112 cm³/mol. The second kappa shape index (κ2) is 6.99. The lowest BCUT2D eigenvalue weighted by atomic mass is 9.97. The summed E-state index contributed by atoms with van der Waals surface area (Å²) in [5, 5.41) is 0. The molecule has 0 radical (unpaired) electrons. The van der Waals surface area contributed by atoms with Gasteiger partial charge in [0.2, 0.25) is 0 Å². The van der Waals surface area contributed by atoms with E-state index in [4.69, 9.17) is 0 Å². The summed E-state index contributed by atoms with van der Waals surface area (Å²) in [6.45, 7) is 1.81. The van der Waals surface area contributed by atoms with E-state index in [0.29, 0.717) is 16.6 Å². The van der Waals surface area contributed by atoms with Gasteiger partial charge in [-0.25, -0.2) is 13.8 Å². The molecule has 2 aromatic carbocycles. The number of nitrogens with zero attached hydrogens (tertiary/aromatic N) is 3. The lowest BCUT2D eigenvalue weighted by Crippen LogP contribution is -2.22. The van der Waals surface area contributed by atoms with Gasteiger partial charge in [0.15, 0.2) is 0 Å². The predicted octanol–water partition coefficient (Wildman–Crippen LogP) is 4.74. The van der Waals surface area contributed by atoms with Gasteiger partial charge in [-0.15, -0.1) is 0 Å². The number of benzene rings is 2. The third-order valence-corrected chi connectivity index (χ3v) is 5.60. The summed E-state index contributed by atoms with van der Waals surface area (Å²) in [5.41, 5.74) is 5.11. The first-order valence-electron chi connectivity index (χ1n) is 9.59. The Bertz CT molecular complexity index is 1380. The fourth-order valence-corrected chi connectivity index (χ4v) is 3.95. The molecule has 0 aliphatic heterocycles. The minimum Gasteiger partial charge on any atom is -0.299 e. The highest BCUT2D eigenvalue weighted by atomic mass is 19.1. The number of fused-ring (bicyclic) bond motifs is 2. The molecule has 0 bridgehead atoms. The smallest absolute Gasteiger partial charge is 0.269 e. The summed E-state index contributed by atoms with van der Waals surface area (Å²) < 4.78 is 31.2. The van der Waals surface area contributed by atoms with Crippen molar-refractivity contribution in [3.05, 3.63) is 99.7 Å². The molecule has 4 aromatic rings. The minimum atomic E-state index is -0.694. The molecule has 0 amide bonds. The summed E-state index contributed by atoms with van der Waals surface area (Å²) in [7, 11) is 0. The van der Waals surface area contributed by atoms with Gasteiger partial charge in [-0.1, -0.05) is 24.3 Å². The fraction of sp³-hybridized carbons (Fsp3) is 0.125. The van der Waals surface area contributed by atoms with Crippen LogP contribution < -0.4 is 5.56 Å². The molecule has 0 spiro atoms. The molecule has 6 heteroatoms. The number of pyridine rings is 1. The molecule has 4 nitrogen and oxygen atoms in total. The normalized spacial score (nSPS) is 12.8. The van der Waals surface area contributed by atoms with Crippen LogP contribution in [0.5, 0.6) is 0 Å². The number of aromatic nitrogens is 3. The Morgan fingerprint density at radius 2 is 1.83 bits per heavy atom. The zero-order valence-corrected chi connectivity index (χ0v) is 16.2. The maximum absolute atomic E-state index is 15.0. The number of rotatable bonds is 3. The summed E-state index contributed by atoms with van der Waals surface area (Å²) in [6, 6.07) is 10.1. The van der Waals surface area contributed by atoms with E-state index in [9.17, 15) is 13.6 Å². The second-order valence-electron chi connectivity index (χ2n) is 7.43. The van der Waals surface area contributed by atoms with E-state index in [1.54, 1.807) is 12.3 Å². The van der Waals surface area contributed by atoms with E-state index in [1.807, 2.05) is 18.2 Å². The van der Waals surface area contributed by atoms with Crippen LogP contribution in [0.4, 0.5) is 8.78 Å². The van der Waals surface area contributed by atoms with Crippen LogP contribution in [0.2, 0.25) is 0 Å². The molecule has 0 saturated heterocycles. The molecule has 0 atom stereocenters. The average molecular weight is 401 g/mol. The lowest BCUT2D eigenvalue weighted by Gasteiger charge is -2.13. The highest BCUT2D eigenvalue weighted by Crippen LogP contribution is 2.32. The van der Waals surface area contributed by atoms with Crippen LogP contribution in [0.15, 0.2) is 65.9 Å². The van der Waals surface area contributed by atoms with Gasteiger partial charge >= 0.3 is 0 Å². The van der Waals surface area contributed by atoms with Crippen LogP contribution in [0.1, 0.15) is 23.6 Å². The maximum atomic E-state index is 15.0. The standard InChI is InChI=1S/C24H17F2N3O/c1-14-2-3-16-8-15(4-5-18(14)16)17-9-20(25)19(21(26)10-17)13-29-23-11-27-7-6-22(23)28-12-24(29)30/h2,4-12H,3,13H2,1H3. The number of hydrogen-bond acceptors (Lipinski definition) is 3. The first kappa shape index (κ1) is 18.4. The second-order valence-corrected chi connectivity index (χ2v) is 7.43. The van der Waals surface area contributed by atoms with Crippen LogP contribution in [-0.4, -0.2) is 14.5 Å². The zero-order chi connectivity index (χ0) is 20.8. The molecule has 5 rings (SSSR count). The van der Waals surface area contributed by atoms with Crippen molar-refractivity contribution in [3.63, 3.8) is 0 Å². The van der Waals surface area contributed by atoms with Crippen molar-refractivity contribution >= 4 is 16.6 Å². The quantitative estimate of drug-likeness (QED) is 0.498. The largest absolute Gasteiger partial charge is 0.299 e. The van der Waals surface area contributed by atoms with Crippen molar-refractivity contribution in [2.45, 2.75) is 19.9 Å². The van der Waals surface area contributed by atoms with E-state index >= 15 is 0 Å². The Morgan fingerprint density at radius 1 is 1.03 bits per heavy atom. The van der Waals surface area contributed by atoms with Crippen LogP contribution in [-0.2, 0) is 13.0 Å². The molecule has 2 aromatic heterocycles. The van der Waals surface area contributed by atoms with Crippen LogP contribution in [0.3, 0.4) is 0 Å². The van der Waals surface area contributed by atoms with Crippen molar-refractivity contribution in [2.24, 2.45) is 0 Å². The summed E-state index contributed by atoms with van der Waals surface area (Å²) in [6.07, 6.45) is 7.13. The molecular formula is C24H17F2N3O. The summed E-state index contributed by atoms with van der Waals surface area (Å²) in [4.78, 5) is 20.4. The Morgan fingerprint density at radius 3 is 2.63 bits per heavy atom. The molecule has 1 aliphatic rings. The van der Waals surface area contributed by atoms with E-state index < -0.39 is 17.2 Å². The van der Waals surface area contributed by atoms with E-state index in [-0.39, 0.29) is 12.1 Å². The first-order valence-corrected chi connectivity index (χ1v) is 9.59. The van der Waals surface area contributed by atoms with Gasteiger partial charge in [0, 0.05) is 11.8 Å². The van der Waals surface area contributed by atoms with Gasteiger partial charge in [-0.05, 0) is 59.4 Å². The van der Waals surface area contributed by atoms with Crippen molar-refractivity contribution in [1.29, 1.82) is 0 Å². The molecule has 0 fully saturated rings. The zero-order valence-electron chi connectivity index (χ0n) is 16.2. The Labute approximate surface area is 171 Å². The van der Waals surface area contributed by atoms with Gasteiger partial charge in [-0.3, -0.25) is 14.3 Å².